The summed E-state index contributed by atoms with van der Waals surface area (Å²) in [4.78, 5) is 9.35. The molecule has 0 saturated heterocycles. The summed E-state index contributed by atoms with van der Waals surface area (Å²) >= 11 is 0. The van der Waals surface area contributed by atoms with Gasteiger partial charge in [0.25, 0.3) is 0 Å². The fourth-order valence-electron chi connectivity index (χ4n) is 10.6. The second kappa shape index (κ2) is 70.0. The molecule has 30 heteroatoms. The predicted octanol–water partition coefficient (Wildman–Crippen LogP) is 20.9. The molecule has 0 amide bonds. The summed E-state index contributed by atoms with van der Waals surface area (Å²) in [5.74, 6) is -3.27. The van der Waals surface area contributed by atoms with Gasteiger partial charge in [0.1, 0.15) is 96.8 Å². The normalized spacial score (nSPS) is 10.7. The molecule has 0 atom stereocenters. The van der Waals surface area contributed by atoms with E-state index in [2.05, 4.69) is 130 Å². The Morgan fingerprint density at radius 2 is 0.306 bits per heavy atom. The third-order valence-corrected chi connectivity index (χ3v) is 40.5. The maximum atomic E-state index is 14.0. The molecular weight excluding hydrogens is 1580 g/mol. The van der Waals surface area contributed by atoms with E-state index in [-0.39, 0.29) is 64.4 Å². The van der Waals surface area contributed by atoms with Gasteiger partial charge in [0.2, 0.25) is 0 Å². The molecule has 0 bridgehead atoms. The zero-order valence-electron chi connectivity index (χ0n) is 61.9. The smallest absolute Gasteiger partial charge is 0.130 e. The Labute approximate surface area is 626 Å². The van der Waals surface area contributed by atoms with Gasteiger partial charge in [-0.2, -0.15) is 0 Å². The molecule has 556 valence electrons. The minimum absolute atomic E-state index is 0. The van der Waals surface area contributed by atoms with Gasteiger partial charge in [-0.15, -0.1) is 0 Å². The van der Waals surface area contributed by atoms with Crippen LogP contribution in [0.25, 0.3) is 0 Å². The molecule has 4 aromatic rings. The fourth-order valence-corrected chi connectivity index (χ4v) is 25.9. The van der Waals surface area contributed by atoms with Gasteiger partial charge >= 0.3 is 0 Å². The van der Waals surface area contributed by atoms with Crippen LogP contribution in [0.5, 0.6) is 0 Å². The van der Waals surface area contributed by atoms with Crippen molar-refractivity contribution >= 4 is 63.4 Å². The molecule has 0 aromatic heterocycles. The number of rotatable bonds is 40. The van der Waals surface area contributed by atoms with Crippen molar-refractivity contribution in [2.75, 3.05) is 149 Å². The molecule has 0 N–H and O–H groups in total. The Balaban J connectivity index is -0.000000276. The SMILES string of the molecule is CC[PH+](CC)CN(Cc1c(F)cccc1F)C[PH+](CC)CC.CC[PH+](CC)CN(Cc1c(F)cccc1F)C[PH+](CC)CC.CC[PH+](CC)CN(Cc1c(F)cccc1F)C[PH+](CC)CC.CC[PH+](CC)CN(Cc1c(F)cccc1F)C[PH+](CC)CC.N#N.N#N.N#N.N#N.[Mo].[Mo]. The summed E-state index contributed by atoms with van der Waals surface area (Å²) < 4.78 is 112. The molecule has 12 nitrogen and oxygen atoms in total. The molecule has 0 radical (unpaired) electrons. The average Bonchev–Trinajstić information content (AvgIpc) is 1.15. The molecule has 4 rings (SSSR count). The van der Waals surface area contributed by atoms with Gasteiger partial charge in [0.05, 0.1) is 98.6 Å². The van der Waals surface area contributed by atoms with Crippen LogP contribution in [0.1, 0.15) is 133 Å². The summed E-state index contributed by atoms with van der Waals surface area (Å²) in [5.41, 5.74) is 0.962. The first-order chi connectivity index (χ1) is 46.2. The van der Waals surface area contributed by atoms with Crippen molar-refractivity contribution in [1.82, 2.24) is 19.6 Å². The second-order valence-corrected chi connectivity index (χ2v) is 48.9. The van der Waals surface area contributed by atoms with Crippen LogP contribution in [0.15, 0.2) is 72.8 Å². The van der Waals surface area contributed by atoms with Gasteiger partial charge in [0.15, 0.2) is 0 Å². The Morgan fingerprint density at radius 1 is 0.214 bits per heavy atom. The summed E-state index contributed by atoms with van der Waals surface area (Å²) in [7, 11) is -3.44. The number of benzene rings is 4. The third kappa shape index (κ3) is 45.8. The standard InChI is InChI=1S/4C17H29F2NP2.2Mo.4N2/c4*1-5-21(6-2)13-20(14-22(7-3)8-4)12-15-16(18)10-9-11-17(15)19;;;4*1-2/h4*9-11H,5-8,12-14H2,1-4H3;;;;;;/p+8. The minimum atomic E-state index is -0.430. The van der Waals surface area contributed by atoms with Crippen molar-refractivity contribution in [3.8, 4) is 0 Å². The monoisotopic (exact) mass is 1700 g/mol. The zero-order valence-corrected chi connectivity index (χ0v) is 73.9. The van der Waals surface area contributed by atoms with Gasteiger partial charge in [-0.1, -0.05) is 24.3 Å². The van der Waals surface area contributed by atoms with E-state index in [4.69, 9.17) is 43.1 Å². The number of nitrogens with zero attached hydrogens (tertiary/aromatic N) is 12. The van der Waals surface area contributed by atoms with E-state index in [0.29, 0.717) is 26.2 Å². The van der Waals surface area contributed by atoms with Crippen molar-refractivity contribution < 1.29 is 77.3 Å². The molecule has 98 heavy (non-hydrogen) atoms. The van der Waals surface area contributed by atoms with Crippen molar-refractivity contribution in [3.05, 3.63) is 142 Å². The van der Waals surface area contributed by atoms with Crippen molar-refractivity contribution in [2.24, 2.45) is 0 Å². The first kappa shape index (κ1) is 108. The summed E-state index contributed by atoms with van der Waals surface area (Å²) in [6.45, 7) is 37.5. The van der Waals surface area contributed by atoms with E-state index in [9.17, 15) is 35.1 Å². The third-order valence-electron chi connectivity index (χ3n) is 17.4. The molecule has 0 aliphatic heterocycles. The van der Waals surface area contributed by atoms with Crippen LogP contribution in [-0.4, -0.2) is 168 Å². The Morgan fingerprint density at radius 3 is 0.388 bits per heavy atom. The fraction of sp³-hybridized carbons (Fsp3) is 0.647. The quantitative estimate of drug-likeness (QED) is 0.0177. The van der Waals surface area contributed by atoms with Crippen LogP contribution in [0.2, 0.25) is 0 Å². The van der Waals surface area contributed by atoms with Crippen LogP contribution in [0.3, 0.4) is 0 Å². The maximum absolute atomic E-state index is 14.0. The van der Waals surface area contributed by atoms with E-state index in [1.54, 1.807) is 0 Å². The van der Waals surface area contributed by atoms with Crippen LogP contribution >= 0.6 is 63.4 Å². The summed E-state index contributed by atoms with van der Waals surface area (Å²) in [6, 6.07) is 16.7. The van der Waals surface area contributed by atoms with E-state index in [1.165, 1.54) is 171 Å². The second-order valence-electron chi connectivity index (χ2n) is 23.0. The van der Waals surface area contributed by atoms with Gasteiger partial charge in [-0.25, -0.2) is 54.7 Å². The Hall–Kier alpha value is -1.34. The van der Waals surface area contributed by atoms with Crippen molar-refractivity contribution in [3.63, 3.8) is 0 Å². The van der Waals surface area contributed by atoms with Crippen LogP contribution in [0.4, 0.5) is 35.1 Å². The number of hydrogen-bond acceptors (Lipinski definition) is 12. The van der Waals surface area contributed by atoms with Gasteiger partial charge in [-0.3, -0.25) is 0 Å². The molecule has 0 unspecified atom stereocenters. The molecular formula is C68H124F8Mo2N12P8+8. The molecule has 0 aliphatic carbocycles. The Kier molecular flexibility index (Phi) is 76.9. The van der Waals surface area contributed by atoms with E-state index < -0.39 is 110 Å². The summed E-state index contributed by atoms with van der Waals surface area (Å²) in [5, 5.41) is 48.0. The Bertz CT molecular complexity index is 2140. The zero-order chi connectivity index (χ0) is 74.1. The molecule has 0 heterocycles. The molecule has 4 aromatic carbocycles. The first-order valence-electron chi connectivity index (χ1n) is 34.3. The van der Waals surface area contributed by atoms with Gasteiger partial charge in [-0.05, 0) is 159 Å². The van der Waals surface area contributed by atoms with E-state index in [0.717, 1.165) is 50.3 Å². The topological polar surface area (TPSA) is 203 Å². The molecule has 0 spiro atoms. The molecule has 0 aliphatic rings. The van der Waals surface area contributed by atoms with Gasteiger partial charge in [0, 0.05) is 197 Å². The number of hydrogen-bond donors (Lipinski definition) is 0. The van der Waals surface area contributed by atoms with Crippen molar-refractivity contribution in [2.45, 2.75) is 137 Å². The van der Waals surface area contributed by atoms with Crippen LogP contribution < -0.4 is 0 Å². The largest absolute Gasteiger partial charge is 0.234 e. The van der Waals surface area contributed by atoms with E-state index >= 15 is 0 Å². The minimum Gasteiger partial charge on any atom is -0.234 e. The first-order valence-corrected chi connectivity index (χ1v) is 51.3. The average molecular weight is 1700 g/mol. The molecule has 0 saturated carbocycles. The van der Waals surface area contributed by atoms with Crippen LogP contribution in [-0.2, 0) is 68.3 Å². The predicted molar refractivity (Wildman–Crippen MR) is 416 cm³/mol. The maximum Gasteiger partial charge on any atom is 0.130 e. The summed E-state index contributed by atoms with van der Waals surface area (Å²) in [6.07, 6.45) is 27.8. The van der Waals surface area contributed by atoms with Gasteiger partial charge < -0.3 is 0 Å². The van der Waals surface area contributed by atoms with Crippen LogP contribution in [0, 0.1) is 89.7 Å². The van der Waals surface area contributed by atoms with Crippen molar-refractivity contribution in [1.29, 1.82) is 43.1 Å². The molecule has 0 fully saturated rings. The van der Waals surface area contributed by atoms with E-state index in [1.807, 2.05) is 0 Å². The number of halogens is 8.